The predicted molar refractivity (Wildman–Crippen MR) is 113 cm³/mol. The third-order valence-corrected chi connectivity index (χ3v) is 7.00. The molecule has 0 unspecified atom stereocenters. The van der Waals surface area contributed by atoms with Crippen LogP contribution in [0.4, 0.5) is 5.69 Å². The molecular formula is C22H25N3O4S. The molecule has 0 aromatic heterocycles. The van der Waals surface area contributed by atoms with Crippen LogP contribution in [-0.2, 0) is 14.8 Å². The molecule has 2 amide bonds. The zero-order chi connectivity index (χ0) is 21.1. The number of anilines is 1. The number of hydrogen-bond donors (Lipinski definition) is 2. The van der Waals surface area contributed by atoms with Gasteiger partial charge in [-0.05, 0) is 56.0 Å². The van der Waals surface area contributed by atoms with Crippen molar-refractivity contribution in [2.24, 2.45) is 5.92 Å². The van der Waals surface area contributed by atoms with Crippen LogP contribution in [0.5, 0.6) is 0 Å². The second-order valence-corrected chi connectivity index (χ2v) is 9.56. The lowest BCUT2D eigenvalue weighted by Crippen LogP contribution is -2.41. The lowest BCUT2D eigenvalue weighted by atomic mass is 9.95. The van der Waals surface area contributed by atoms with Gasteiger partial charge in [0.25, 0.3) is 5.91 Å². The molecule has 1 aliphatic heterocycles. The monoisotopic (exact) mass is 427 g/mol. The van der Waals surface area contributed by atoms with Gasteiger partial charge in [0.1, 0.15) is 0 Å². The van der Waals surface area contributed by atoms with Crippen LogP contribution in [0.25, 0.3) is 0 Å². The number of piperidine rings is 1. The van der Waals surface area contributed by atoms with Gasteiger partial charge in [0.05, 0.1) is 4.90 Å². The molecule has 4 rings (SSSR count). The predicted octanol–water partition coefficient (Wildman–Crippen LogP) is 2.62. The van der Waals surface area contributed by atoms with E-state index in [4.69, 9.17) is 0 Å². The average molecular weight is 428 g/mol. The Morgan fingerprint density at radius 1 is 0.900 bits per heavy atom. The Bertz CT molecular complexity index is 1030. The summed E-state index contributed by atoms with van der Waals surface area (Å²) in [6, 6.07) is 15.5. The second-order valence-electron chi connectivity index (χ2n) is 7.85. The highest BCUT2D eigenvalue weighted by atomic mass is 32.2. The maximum absolute atomic E-state index is 12.9. The maximum atomic E-state index is 12.9. The minimum Gasteiger partial charge on any atom is -0.339 e. The van der Waals surface area contributed by atoms with Crippen LogP contribution in [0.2, 0.25) is 0 Å². The smallest absolute Gasteiger partial charge is 0.253 e. The number of carbonyl (C=O) groups excluding carboxylic acids is 2. The fourth-order valence-corrected chi connectivity index (χ4v) is 4.93. The van der Waals surface area contributed by atoms with Crippen molar-refractivity contribution >= 4 is 27.5 Å². The molecule has 158 valence electrons. The number of nitrogens with one attached hydrogen (secondary N) is 2. The lowest BCUT2D eigenvalue weighted by molar-refractivity contribution is -0.121. The van der Waals surface area contributed by atoms with Crippen molar-refractivity contribution in [3.63, 3.8) is 0 Å². The van der Waals surface area contributed by atoms with E-state index in [0.717, 1.165) is 18.5 Å². The first-order chi connectivity index (χ1) is 14.4. The van der Waals surface area contributed by atoms with Gasteiger partial charge in [-0.2, -0.15) is 0 Å². The Morgan fingerprint density at radius 2 is 1.60 bits per heavy atom. The summed E-state index contributed by atoms with van der Waals surface area (Å²) in [6.45, 7) is 0.923. The largest absolute Gasteiger partial charge is 0.339 e. The standard InChI is InChI=1S/C22H25N3O4S/c26-21(23-18-6-2-1-3-7-18)16-11-13-25(14-12-16)22(27)17-5-4-8-20(15-17)30(28,29)24-19-9-10-19/h1-8,15-16,19,24H,9-14H2,(H,23,26). The van der Waals surface area contributed by atoms with Crippen molar-refractivity contribution in [2.75, 3.05) is 18.4 Å². The molecule has 1 aliphatic carbocycles. The zero-order valence-electron chi connectivity index (χ0n) is 16.6. The molecular weight excluding hydrogens is 402 g/mol. The van der Waals surface area contributed by atoms with E-state index in [0.29, 0.717) is 31.5 Å². The third kappa shape index (κ3) is 4.88. The van der Waals surface area contributed by atoms with Gasteiger partial charge < -0.3 is 10.2 Å². The van der Waals surface area contributed by atoms with Gasteiger partial charge in [0.2, 0.25) is 15.9 Å². The van der Waals surface area contributed by atoms with Crippen LogP contribution in [0.3, 0.4) is 0 Å². The number of carbonyl (C=O) groups is 2. The molecule has 1 heterocycles. The van der Waals surface area contributed by atoms with Crippen molar-refractivity contribution < 1.29 is 18.0 Å². The molecule has 8 heteroatoms. The van der Waals surface area contributed by atoms with E-state index < -0.39 is 10.0 Å². The summed E-state index contributed by atoms with van der Waals surface area (Å²) in [7, 11) is -3.61. The van der Waals surface area contributed by atoms with E-state index in [1.807, 2.05) is 30.3 Å². The maximum Gasteiger partial charge on any atom is 0.253 e. The molecule has 0 atom stereocenters. The molecule has 0 bridgehead atoms. The van der Waals surface area contributed by atoms with Crippen molar-refractivity contribution in [3.8, 4) is 0 Å². The second kappa shape index (κ2) is 8.57. The lowest BCUT2D eigenvalue weighted by Gasteiger charge is -2.31. The fourth-order valence-electron chi connectivity index (χ4n) is 3.58. The van der Waals surface area contributed by atoms with Gasteiger partial charge in [0.15, 0.2) is 0 Å². The van der Waals surface area contributed by atoms with Gasteiger partial charge in [-0.15, -0.1) is 0 Å². The number of nitrogens with zero attached hydrogens (tertiary/aromatic N) is 1. The molecule has 2 N–H and O–H groups in total. The highest BCUT2D eigenvalue weighted by Crippen LogP contribution is 2.24. The molecule has 2 aliphatic rings. The number of rotatable bonds is 6. The Morgan fingerprint density at radius 3 is 2.27 bits per heavy atom. The molecule has 0 radical (unpaired) electrons. The van der Waals surface area contributed by atoms with Crippen LogP contribution < -0.4 is 10.0 Å². The first-order valence-electron chi connectivity index (χ1n) is 10.2. The fraction of sp³-hybridized carbons (Fsp3) is 0.364. The van der Waals surface area contributed by atoms with E-state index in [9.17, 15) is 18.0 Å². The minimum absolute atomic E-state index is 0.00965. The SMILES string of the molecule is O=C(Nc1ccccc1)C1CCN(C(=O)c2cccc(S(=O)(=O)NC3CC3)c2)CC1. The quantitative estimate of drug-likeness (QED) is 0.741. The molecule has 7 nitrogen and oxygen atoms in total. The Hall–Kier alpha value is -2.71. The number of benzene rings is 2. The van der Waals surface area contributed by atoms with Crippen LogP contribution in [0.1, 0.15) is 36.0 Å². The zero-order valence-corrected chi connectivity index (χ0v) is 17.4. The minimum atomic E-state index is -3.61. The van der Waals surface area contributed by atoms with E-state index >= 15 is 0 Å². The summed E-state index contributed by atoms with van der Waals surface area (Å²) in [5, 5.41) is 2.92. The summed E-state index contributed by atoms with van der Waals surface area (Å²) in [5.74, 6) is -0.392. The summed E-state index contributed by atoms with van der Waals surface area (Å²) in [5.41, 5.74) is 1.11. The number of likely N-dealkylation sites (tertiary alicyclic amines) is 1. The summed E-state index contributed by atoms with van der Waals surface area (Å²) in [4.78, 5) is 27.2. The first-order valence-corrected chi connectivity index (χ1v) is 11.7. The van der Waals surface area contributed by atoms with Crippen molar-refractivity contribution in [2.45, 2.75) is 36.6 Å². The van der Waals surface area contributed by atoms with E-state index in [1.165, 1.54) is 12.1 Å². The average Bonchev–Trinajstić information content (AvgIpc) is 3.57. The molecule has 0 spiro atoms. The Kier molecular flexibility index (Phi) is 5.87. The van der Waals surface area contributed by atoms with Gasteiger partial charge >= 0.3 is 0 Å². The van der Waals surface area contributed by atoms with Crippen LogP contribution in [-0.4, -0.2) is 44.3 Å². The summed E-state index contributed by atoms with van der Waals surface area (Å²) >= 11 is 0. The third-order valence-electron chi connectivity index (χ3n) is 5.48. The van der Waals surface area contributed by atoms with Gasteiger partial charge in [0, 0.05) is 36.3 Å². The molecule has 2 aromatic rings. The van der Waals surface area contributed by atoms with E-state index in [-0.39, 0.29) is 28.7 Å². The number of sulfonamides is 1. The highest BCUT2D eigenvalue weighted by Gasteiger charge is 2.30. The van der Waals surface area contributed by atoms with Gasteiger partial charge in [-0.3, -0.25) is 9.59 Å². The highest BCUT2D eigenvalue weighted by molar-refractivity contribution is 7.89. The first kappa shape index (κ1) is 20.6. The summed E-state index contributed by atoms with van der Waals surface area (Å²) in [6.07, 6.45) is 2.85. The van der Waals surface area contributed by atoms with Crippen molar-refractivity contribution in [1.82, 2.24) is 9.62 Å². The number of para-hydroxylation sites is 1. The molecule has 1 saturated carbocycles. The van der Waals surface area contributed by atoms with Crippen LogP contribution in [0.15, 0.2) is 59.5 Å². The topological polar surface area (TPSA) is 95.6 Å². The Balaban J connectivity index is 1.36. The molecule has 2 aromatic carbocycles. The molecule has 30 heavy (non-hydrogen) atoms. The van der Waals surface area contributed by atoms with Crippen molar-refractivity contribution in [1.29, 1.82) is 0 Å². The van der Waals surface area contributed by atoms with Gasteiger partial charge in [-0.25, -0.2) is 13.1 Å². The normalized spacial score (nSPS) is 17.5. The molecule has 1 saturated heterocycles. The van der Waals surface area contributed by atoms with Gasteiger partial charge in [-0.1, -0.05) is 24.3 Å². The molecule has 2 fully saturated rings. The Labute approximate surface area is 176 Å². The van der Waals surface area contributed by atoms with Crippen LogP contribution in [0, 0.1) is 5.92 Å². The van der Waals surface area contributed by atoms with E-state index in [2.05, 4.69) is 10.0 Å². The van der Waals surface area contributed by atoms with Crippen molar-refractivity contribution in [3.05, 3.63) is 60.2 Å². The summed E-state index contributed by atoms with van der Waals surface area (Å²) < 4.78 is 27.5. The van der Waals surface area contributed by atoms with E-state index in [1.54, 1.807) is 17.0 Å². The van der Waals surface area contributed by atoms with Crippen LogP contribution >= 0.6 is 0 Å². The number of hydrogen-bond acceptors (Lipinski definition) is 4. The number of amides is 2.